The maximum Gasteiger partial charge on any atom is 0.0508 e. The molecule has 0 amide bonds. The molecular weight excluding hydrogens is 282 g/mol. The van der Waals surface area contributed by atoms with Crippen molar-refractivity contribution in [2.24, 2.45) is 0 Å². The standard InChI is InChI=1S/C14H13ClNO2S/c15-13-5-1-11(2-6-13)9-19-10-12-3-7-14(8-4-12)16(17)18/h1-8,17H,9-10H2/q-1. The average molecular weight is 295 g/mol. The van der Waals surface area contributed by atoms with Crippen LogP contribution in [0.1, 0.15) is 11.1 Å². The molecule has 2 aromatic carbocycles. The molecular formula is C14H13ClNO2S-. The normalized spacial score (nSPS) is 10.5. The Morgan fingerprint density at radius 3 is 1.89 bits per heavy atom. The van der Waals surface area contributed by atoms with Gasteiger partial charge in [-0.25, -0.2) is 0 Å². The fourth-order valence-electron chi connectivity index (χ4n) is 1.59. The molecule has 0 aromatic heterocycles. The van der Waals surface area contributed by atoms with Crippen molar-refractivity contribution in [3.63, 3.8) is 0 Å². The molecule has 0 radical (unpaired) electrons. The molecule has 1 N–H and O–H groups in total. The zero-order chi connectivity index (χ0) is 13.7. The molecule has 0 spiro atoms. The molecule has 0 heterocycles. The first kappa shape index (κ1) is 14.2. The molecule has 5 heteroatoms. The van der Waals surface area contributed by atoms with Crippen LogP contribution in [0.3, 0.4) is 0 Å². The lowest BCUT2D eigenvalue weighted by Gasteiger charge is -2.21. The Kier molecular flexibility index (Phi) is 5.10. The molecule has 3 nitrogen and oxygen atoms in total. The molecule has 2 rings (SSSR count). The summed E-state index contributed by atoms with van der Waals surface area (Å²) in [6, 6.07) is 14.7. The van der Waals surface area contributed by atoms with Crippen molar-refractivity contribution in [1.82, 2.24) is 0 Å². The Labute approximate surface area is 121 Å². The van der Waals surface area contributed by atoms with Gasteiger partial charge in [-0.05, 0) is 35.4 Å². The third-order valence-electron chi connectivity index (χ3n) is 2.61. The number of hydrogen-bond acceptors (Lipinski definition) is 4. The molecule has 0 atom stereocenters. The van der Waals surface area contributed by atoms with Crippen molar-refractivity contribution in [3.8, 4) is 0 Å². The van der Waals surface area contributed by atoms with Crippen molar-refractivity contribution in [1.29, 1.82) is 0 Å². The van der Waals surface area contributed by atoms with Gasteiger partial charge in [-0.1, -0.05) is 35.9 Å². The first-order chi connectivity index (χ1) is 9.15. The van der Waals surface area contributed by atoms with Crippen LogP contribution in [0.25, 0.3) is 0 Å². The maximum absolute atomic E-state index is 10.6. The second-order valence-electron chi connectivity index (χ2n) is 4.06. The first-order valence-corrected chi connectivity index (χ1v) is 7.26. The molecule has 2 aromatic rings. The summed E-state index contributed by atoms with van der Waals surface area (Å²) in [6.45, 7) is 0. The van der Waals surface area contributed by atoms with E-state index in [2.05, 4.69) is 0 Å². The Hall–Kier alpha value is -1.20. The lowest BCUT2D eigenvalue weighted by Crippen LogP contribution is -2.06. The van der Waals surface area contributed by atoms with Gasteiger partial charge >= 0.3 is 0 Å². The van der Waals surface area contributed by atoms with E-state index in [0.29, 0.717) is 0 Å². The van der Waals surface area contributed by atoms with Gasteiger partial charge in [-0.3, -0.25) is 5.21 Å². The van der Waals surface area contributed by atoms with Gasteiger partial charge in [0.2, 0.25) is 0 Å². The zero-order valence-electron chi connectivity index (χ0n) is 10.1. The van der Waals surface area contributed by atoms with E-state index < -0.39 is 0 Å². The third-order valence-corrected chi connectivity index (χ3v) is 3.93. The van der Waals surface area contributed by atoms with Crippen LogP contribution in [0.2, 0.25) is 5.02 Å². The van der Waals surface area contributed by atoms with E-state index in [1.165, 1.54) is 5.56 Å². The summed E-state index contributed by atoms with van der Waals surface area (Å²) < 4.78 is 0. The smallest absolute Gasteiger partial charge is 0.0508 e. The molecule has 0 aliphatic carbocycles. The molecule has 0 fully saturated rings. The molecule has 0 saturated carbocycles. The van der Waals surface area contributed by atoms with Gasteiger partial charge in [0, 0.05) is 16.5 Å². The highest BCUT2D eigenvalue weighted by Gasteiger charge is 1.97. The van der Waals surface area contributed by atoms with Gasteiger partial charge in [0.1, 0.15) is 0 Å². The number of halogens is 1. The van der Waals surface area contributed by atoms with E-state index >= 15 is 0 Å². The maximum atomic E-state index is 10.6. The highest BCUT2D eigenvalue weighted by Crippen LogP contribution is 2.21. The third kappa shape index (κ3) is 4.44. The van der Waals surface area contributed by atoms with Crippen molar-refractivity contribution >= 4 is 29.1 Å². The van der Waals surface area contributed by atoms with Crippen LogP contribution >= 0.6 is 23.4 Å². The SMILES string of the molecule is [O-]N(O)c1ccc(CSCc2ccc(Cl)cc2)cc1. The minimum atomic E-state index is -0.134. The minimum absolute atomic E-state index is 0.134. The second-order valence-corrected chi connectivity index (χ2v) is 5.48. The summed E-state index contributed by atoms with van der Waals surface area (Å²) >= 11 is 7.61. The van der Waals surface area contributed by atoms with E-state index in [1.807, 2.05) is 36.4 Å². The highest BCUT2D eigenvalue weighted by atomic mass is 35.5. The highest BCUT2D eigenvalue weighted by molar-refractivity contribution is 7.97. The van der Waals surface area contributed by atoms with Gasteiger partial charge < -0.3 is 10.4 Å². The van der Waals surface area contributed by atoms with E-state index in [0.717, 1.165) is 22.1 Å². The van der Waals surface area contributed by atoms with Crippen LogP contribution in [0, 0.1) is 5.21 Å². The zero-order valence-corrected chi connectivity index (χ0v) is 11.7. The van der Waals surface area contributed by atoms with E-state index in [1.54, 1.807) is 23.9 Å². The lowest BCUT2D eigenvalue weighted by molar-refractivity contribution is 0.296. The van der Waals surface area contributed by atoms with Gasteiger partial charge in [0.05, 0.1) is 5.69 Å². The van der Waals surface area contributed by atoms with E-state index in [-0.39, 0.29) is 10.9 Å². The van der Waals surface area contributed by atoms with E-state index in [9.17, 15) is 5.21 Å². The average Bonchev–Trinajstić information content (AvgIpc) is 2.41. The Bertz CT molecular complexity index is 514. The van der Waals surface area contributed by atoms with Crippen molar-refractivity contribution in [3.05, 3.63) is 69.9 Å². The van der Waals surface area contributed by atoms with Crippen LogP contribution in [0.4, 0.5) is 5.69 Å². The Balaban J connectivity index is 1.83. The summed E-state index contributed by atoms with van der Waals surface area (Å²) in [7, 11) is 0. The number of benzene rings is 2. The molecule has 19 heavy (non-hydrogen) atoms. The lowest BCUT2D eigenvalue weighted by atomic mass is 10.2. The first-order valence-electron chi connectivity index (χ1n) is 5.72. The van der Waals surface area contributed by atoms with Crippen LogP contribution in [0.15, 0.2) is 48.5 Å². The summed E-state index contributed by atoms with van der Waals surface area (Å²) in [5.74, 6) is 1.76. The predicted octanol–water partition coefficient (Wildman–Crippen LogP) is 4.47. The fourth-order valence-corrected chi connectivity index (χ4v) is 2.67. The number of thioether (sulfide) groups is 1. The number of nitrogens with zero attached hydrogens (tertiary/aromatic N) is 1. The van der Waals surface area contributed by atoms with Crippen molar-refractivity contribution in [2.75, 3.05) is 5.23 Å². The largest absolute Gasteiger partial charge is 0.733 e. The topological polar surface area (TPSA) is 46.5 Å². The Morgan fingerprint density at radius 2 is 1.42 bits per heavy atom. The molecule has 0 unspecified atom stereocenters. The van der Waals surface area contributed by atoms with E-state index in [4.69, 9.17) is 16.8 Å². The number of hydrogen-bond donors (Lipinski definition) is 1. The molecule has 0 aliphatic rings. The molecule has 100 valence electrons. The van der Waals surface area contributed by atoms with Gasteiger partial charge in [-0.15, -0.1) is 0 Å². The van der Waals surface area contributed by atoms with Crippen LogP contribution in [-0.2, 0) is 11.5 Å². The summed E-state index contributed by atoms with van der Waals surface area (Å²) in [5, 5.41) is 20.0. The minimum Gasteiger partial charge on any atom is -0.733 e. The summed E-state index contributed by atoms with van der Waals surface area (Å²) in [4.78, 5) is 0. The predicted molar refractivity (Wildman–Crippen MR) is 80.5 cm³/mol. The second kappa shape index (κ2) is 6.82. The molecule has 0 bridgehead atoms. The molecule has 0 aliphatic heterocycles. The fraction of sp³-hybridized carbons (Fsp3) is 0.143. The number of rotatable bonds is 5. The monoisotopic (exact) mass is 294 g/mol. The van der Waals surface area contributed by atoms with Crippen LogP contribution < -0.4 is 5.23 Å². The quantitative estimate of drug-likeness (QED) is 0.827. The van der Waals surface area contributed by atoms with Gasteiger partial charge in [0.15, 0.2) is 0 Å². The van der Waals surface area contributed by atoms with Crippen LogP contribution in [0.5, 0.6) is 0 Å². The summed E-state index contributed by atoms with van der Waals surface area (Å²) in [5.41, 5.74) is 2.59. The molecule has 0 saturated heterocycles. The van der Waals surface area contributed by atoms with Gasteiger partial charge in [0.25, 0.3) is 0 Å². The van der Waals surface area contributed by atoms with Crippen LogP contribution in [-0.4, -0.2) is 5.21 Å². The summed E-state index contributed by atoms with van der Waals surface area (Å²) in [6.07, 6.45) is 0. The number of anilines is 1. The Morgan fingerprint density at radius 1 is 0.947 bits per heavy atom. The van der Waals surface area contributed by atoms with Crippen molar-refractivity contribution < 1.29 is 5.21 Å². The van der Waals surface area contributed by atoms with Gasteiger partial charge in [-0.2, -0.15) is 11.8 Å². The van der Waals surface area contributed by atoms with Crippen molar-refractivity contribution in [2.45, 2.75) is 11.5 Å².